The Labute approximate surface area is 262 Å². The van der Waals surface area contributed by atoms with Gasteiger partial charge in [0.2, 0.25) is 0 Å². The van der Waals surface area contributed by atoms with Crippen LogP contribution in [0.4, 0.5) is 5.69 Å². The minimum Gasteiger partial charge on any atom is -0.358 e. The summed E-state index contributed by atoms with van der Waals surface area (Å²) in [5, 5.41) is 8.99. The molecule has 3 heteroatoms. The van der Waals surface area contributed by atoms with E-state index in [1.165, 1.54) is 77.4 Å². The average molecular weight is 580 g/mol. The molecule has 7 aromatic rings. The highest BCUT2D eigenvalue weighted by molar-refractivity contribution is 6.12. The smallest absolute Gasteiger partial charge is 0.0547 e. The van der Waals surface area contributed by atoms with Crippen molar-refractivity contribution < 1.29 is 0 Å². The highest BCUT2D eigenvalue weighted by Crippen LogP contribution is 2.41. The zero-order valence-corrected chi connectivity index (χ0v) is 25.1. The summed E-state index contributed by atoms with van der Waals surface area (Å²) >= 11 is 0. The molecule has 3 nitrogen and oxygen atoms in total. The van der Waals surface area contributed by atoms with E-state index in [1.807, 2.05) is 6.08 Å². The quantitative estimate of drug-likeness (QED) is 0.215. The number of fused-ring (bicyclic) bond motifs is 7. The number of nitrogens with one attached hydrogen (secondary N) is 1. The highest BCUT2D eigenvalue weighted by Gasteiger charge is 2.22. The van der Waals surface area contributed by atoms with E-state index in [2.05, 4.69) is 148 Å². The zero-order chi connectivity index (χ0) is 29.9. The first-order valence-electron chi connectivity index (χ1n) is 15.9. The molecule has 0 fully saturated rings. The molecule has 5 aromatic carbocycles. The van der Waals surface area contributed by atoms with Gasteiger partial charge in [0.25, 0.3) is 0 Å². The maximum atomic E-state index is 4.30. The average Bonchev–Trinajstić information content (AvgIpc) is 3.60. The van der Waals surface area contributed by atoms with E-state index in [9.17, 15) is 0 Å². The van der Waals surface area contributed by atoms with Crippen LogP contribution in [-0.4, -0.2) is 9.13 Å². The van der Waals surface area contributed by atoms with Crippen LogP contribution < -0.4 is 5.32 Å². The first-order chi connectivity index (χ1) is 22.3. The Morgan fingerprint density at radius 3 is 2.09 bits per heavy atom. The largest absolute Gasteiger partial charge is 0.358 e. The van der Waals surface area contributed by atoms with Crippen molar-refractivity contribution in [2.24, 2.45) is 0 Å². The number of rotatable bonds is 5. The van der Waals surface area contributed by atoms with Gasteiger partial charge in [0, 0.05) is 49.9 Å². The fourth-order valence-electron chi connectivity index (χ4n) is 7.56. The van der Waals surface area contributed by atoms with Crippen LogP contribution in [0.2, 0.25) is 0 Å². The topological polar surface area (TPSA) is 21.9 Å². The summed E-state index contributed by atoms with van der Waals surface area (Å²) < 4.78 is 4.81. The van der Waals surface area contributed by atoms with Crippen molar-refractivity contribution in [3.63, 3.8) is 0 Å². The molecule has 45 heavy (non-hydrogen) atoms. The number of anilines is 1. The summed E-state index contributed by atoms with van der Waals surface area (Å²) in [5.41, 5.74) is 13.5. The molecule has 2 aliphatic rings. The minimum atomic E-state index is 0.939. The van der Waals surface area contributed by atoms with E-state index in [4.69, 9.17) is 0 Å². The molecule has 0 unspecified atom stereocenters. The van der Waals surface area contributed by atoms with E-state index in [0.29, 0.717) is 0 Å². The Kier molecular flexibility index (Phi) is 5.92. The fraction of sp³-hybridized carbons (Fsp3) is 0.0952. The second kappa shape index (κ2) is 10.3. The third kappa shape index (κ3) is 4.04. The van der Waals surface area contributed by atoms with Crippen molar-refractivity contribution in [3.05, 3.63) is 157 Å². The SMILES string of the molecule is C=CC1=C(Nc2ccc3c(c2)c2ccccc2n3C2=CCCC=C2)CCc2cc3c4ccccc4n(-c4ccccc4)c3cc21. The van der Waals surface area contributed by atoms with Gasteiger partial charge in [0.05, 0.1) is 22.1 Å². The first kappa shape index (κ1) is 25.9. The molecule has 1 N–H and O–H groups in total. The van der Waals surface area contributed by atoms with Gasteiger partial charge in [-0.3, -0.25) is 0 Å². The van der Waals surface area contributed by atoms with Gasteiger partial charge in [-0.2, -0.15) is 0 Å². The molecule has 0 saturated heterocycles. The van der Waals surface area contributed by atoms with Gasteiger partial charge in [0.1, 0.15) is 0 Å². The maximum Gasteiger partial charge on any atom is 0.0547 e. The second-order valence-electron chi connectivity index (χ2n) is 12.1. The zero-order valence-electron chi connectivity index (χ0n) is 25.1. The van der Waals surface area contributed by atoms with Gasteiger partial charge < -0.3 is 14.5 Å². The normalized spacial score (nSPS) is 14.8. The summed E-state index contributed by atoms with van der Waals surface area (Å²) in [6, 6.07) is 39.8. The van der Waals surface area contributed by atoms with Crippen molar-refractivity contribution in [1.29, 1.82) is 0 Å². The maximum absolute atomic E-state index is 4.30. The molecule has 2 aromatic heterocycles. The molecule has 0 amide bonds. The number of nitrogens with zero attached hydrogens (tertiary/aromatic N) is 2. The monoisotopic (exact) mass is 579 g/mol. The van der Waals surface area contributed by atoms with Crippen LogP contribution in [-0.2, 0) is 6.42 Å². The van der Waals surface area contributed by atoms with Gasteiger partial charge in [-0.25, -0.2) is 0 Å². The van der Waals surface area contributed by atoms with Crippen LogP contribution in [0.3, 0.4) is 0 Å². The van der Waals surface area contributed by atoms with E-state index < -0.39 is 0 Å². The van der Waals surface area contributed by atoms with Crippen molar-refractivity contribution in [2.45, 2.75) is 25.7 Å². The molecule has 0 radical (unpaired) electrons. The van der Waals surface area contributed by atoms with Crippen molar-refractivity contribution in [2.75, 3.05) is 5.32 Å². The third-order valence-electron chi connectivity index (χ3n) is 9.58. The van der Waals surface area contributed by atoms with E-state index >= 15 is 0 Å². The Morgan fingerprint density at radius 2 is 1.33 bits per heavy atom. The van der Waals surface area contributed by atoms with Gasteiger partial charge in [-0.1, -0.05) is 79.4 Å². The van der Waals surface area contributed by atoms with E-state index in [1.54, 1.807) is 0 Å². The molecular weight excluding hydrogens is 546 g/mol. The molecule has 216 valence electrons. The lowest BCUT2D eigenvalue weighted by Gasteiger charge is -2.24. The summed E-state index contributed by atoms with van der Waals surface area (Å²) in [5.74, 6) is 0. The standard InChI is InChI=1S/C42H33N3/c1-2-32-35-27-42-36(33-17-9-12-20-40(33)45(42)31-15-7-4-8-16-31)25-28(35)21-23-38(32)43-29-22-24-41-37(26-29)34-18-10-11-19-39(34)44(41)30-13-5-3-6-14-30/h2,4-5,7-20,22,24-27,43H,1,3,6,21,23H2. The molecule has 0 spiro atoms. The van der Waals surface area contributed by atoms with Crippen molar-refractivity contribution >= 4 is 60.6 Å². The van der Waals surface area contributed by atoms with Gasteiger partial charge in [-0.05, 0) is 97.5 Å². The predicted molar refractivity (Wildman–Crippen MR) is 192 cm³/mol. The number of benzene rings is 5. The minimum absolute atomic E-state index is 0.939. The number of aryl methyl sites for hydroxylation is 1. The molecule has 0 bridgehead atoms. The molecule has 2 aliphatic carbocycles. The van der Waals surface area contributed by atoms with Crippen LogP contribution in [0.25, 0.3) is 60.6 Å². The van der Waals surface area contributed by atoms with Crippen LogP contribution in [0.1, 0.15) is 30.4 Å². The van der Waals surface area contributed by atoms with Gasteiger partial charge in [0.15, 0.2) is 0 Å². The number of aromatic nitrogens is 2. The number of para-hydroxylation sites is 3. The van der Waals surface area contributed by atoms with Gasteiger partial charge >= 0.3 is 0 Å². The Balaban J connectivity index is 1.18. The number of hydrogen-bond acceptors (Lipinski definition) is 1. The molecule has 0 saturated carbocycles. The van der Waals surface area contributed by atoms with Crippen LogP contribution in [0.15, 0.2) is 146 Å². The van der Waals surface area contributed by atoms with Crippen LogP contribution in [0.5, 0.6) is 0 Å². The molecular formula is C42H33N3. The second-order valence-corrected chi connectivity index (χ2v) is 12.1. The molecule has 2 heterocycles. The third-order valence-corrected chi connectivity index (χ3v) is 9.58. The number of allylic oxidation sites excluding steroid dienone is 7. The van der Waals surface area contributed by atoms with Crippen LogP contribution in [0, 0.1) is 0 Å². The lowest BCUT2D eigenvalue weighted by molar-refractivity contribution is 0.927. The summed E-state index contributed by atoms with van der Waals surface area (Å²) in [4.78, 5) is 0. The molecule has 0 aliphatic heterocycles. The van der Waals surface area contributed by atoms with E-state index in [0.717, 1.165) is 31.4 Å². The van der Waals surface area contributed by atoms with Crippen LogP contribution >= 0.6 is 0 Å². The predicted octanol–water partition coefficient (Wildman–Crippen LogP) is 11.0. The molecule has 9 rings (SSSR count). The van der Waals surface area contributed by atoms with E-state index in [-0.39, 0.29) is 0 Å². The Hall–Kier alpha value is -5.54. The fourth-order valence-corrected chi connectivity index (χ4v) is 7.56. The van der Waals surface area contributed by atoms with Crippen molar-refractivity contribution in [1.82, 2.24) is 9.13 Å². The summed E-state index contributed by atoms with van der Waals surface area (Å²) in [6.45, 7) is 4.30. The first-order valence-corrected chi connectivity index (χ1v) is 15.9. The lowest BCUT2D eigenvalue weighted by atomic mass is 9.87. The lowest BCUT2D eigenvalue weighted by Crippen LogP contribution is -2.11. The van der Waals surface area contributed by atoms with Crippen molar-refractivity contribution in [3.8, 4) is 5.69 Å². The summed E-state index contributed by atoms with van der Waals surface area (Å²) in [6.07, 6.45) is 13.0. The van der Waals surface area contributed by atoms with Gasteiger partial charge in [-0.15, -0.1) is 0 Å². The molecule has 0 atom stereocenters. The Bertz CT molecular complexity index is 2410. The summed E-state index contributed by atoms with van der Waals surface area (Å²) in [7, 11) is 0. The number of hydrogen-bond donors (Lipinski definition) is 1. The Morgan fingerprint density at radius 1 is 0.622 bits per heavy atom. The highest BCUT2D eigenvalue weighted by atomic mass is 15.0.